The maximum Gasteiger partial charge on any atom is 0.573 e. The van der Waals surface area contributed by atoms with Crippen LogP contribution >= 0.6 is 0 Å². The Morgan fingerprint density at radius 2 is 0.840 bits per heavy atom. The molecule has 4 aromatic carbocycles. The minimum Gasteiger partial charge on any atom is -0.405 e. The normalized spacial score (nSPS) is 12.9. The predicted molar refractivity (Wildman–Crippen MR) is 143 cm³/mol. The van der Waals surface area contributed by atoms with Gasteiger partial charge in [-0.3, -0.25) is 0 Å². The molecule has 0 spiro atoms. The van der Waals surface area contributed by atoms with Crippen molar-refractivity contribution in [3.05, 3.63) is 100 Å². The molecule has 0 radical (unpaired) electrons. The maximum absolute atomic E-state index is 14.1. The van der Waals surface area contributed by atoms with Crippen LogP contribution in [0.1, 0.15) is 22.3 Å². The maximum atomic E-state index is 14.1. The minimum atomic E-state index is -5.53. The van der Waals surface area contributed by atoms with E-state index >= 15 is 0 Å². The molecule has 4 nitrogen and oxygen atoms in total. The van der Waals surface area contributed by atoms with Gasteiger partial charge in [0.2, 0.25) is 0 Å². The lowest BCUT2D eigenvalue weighted by atomic mass is 9.94. The topological polar surface area (TPSA) is 66.0 Å². The Labute approximate surface area is 269 Å². The zero-order valence-corrected chi connectivity index (χ0v) is 23.8. The molecule has 0 heterocycles. The Hall–Kier alpha value is -5.78. The van der Waals surface area contributed by atoms with E-state index < -0.39 is 104 Å². The first-order chi connectivity index (χ1) is 23.0. The van der Waals surface area contributed by atoms with Gasteiger partial charge in [-0.15, -0.1) is 26.3 Å². The van der Waals surface area contributed by atoms with E-state index in [1.165, 1.54) is 12.1 Å². The monoisotopic (exact) mass is 720 g/mol. The molecular weight excluding hydrogens is 710 g/mol. The van der Waals surface area contributed by atoms with Gasteiger partial charge in [-0.1, -0.05) is 12.1 Å². The number of alkyl halides is 12. The molecule has 0 saturated carbocycles. The number of fused-ring (bicyclic) bond motifs is 3. The van der Waals surface area contributed by atoms with Crippen LogP contribution in [-0.2, 0) is 12.4 Å². The van der Waals surface area contributed by atoms with Crippen molar-refractivity contribution >= 4 is 5.57 Å². The Balaban J connectivity index is 1.91. The molecule has 5 rings (SSSR count). The summed E-state index contributed by atoms with van der Waals surface area (Å²) in [5.41, 5.74) is -10.1. The first-order valence-corrected chi connectivity index (χ1v) is 13.2. The molecule has 0 saturated heterocycles. The van der Waals surface area contributed by atoms with Gasteiger partial charge in [0.15, 0.2) is 0 Å². The molecule has 0 atom stereocenters. The Morgan fingerprint density at radius 3 is 1.14 bits per heavy atom. The molecule has 0 aliphatic heterocycles. The summed E-state index contributed by atoms with van der Waals surface area (Å²) in [7, 11) is 0. The molecule has 1 aliphatic rings. The summed E-state index contributed by atoms with van der Waals surface area (Å²) < 4.78 is 199. The molecule has 0 fully saturated rings. The van der Waals surface area contributed by atoms with Crippen molar-refractivity contribution in [3.8, 4) is 57.0 Å². The van der Waals surface area contributed by atoms with E-state index in [9.17, 15) is 72.0 Å². The smallest absolute Gasteiger partial charge is 0.405 e. The van der Waals surface area contributed by atoms with Crippen molar-refractivity contribution in [1.82, 2.24) is 0 Å². The third-order valence-corrected chi connectivity index (χ3v) is 7.16. The lowest BCUT2D eigenvalue weighted by Crippen LogP contribution is -2.18. The van der Waals surface area contributed by atoms with Crippen molar-refractivity contribution in [1.29, 1.82) is 10.5 Å². The fraction of sp³-hybridized carbons (Fsp3) is 0.125. The van der Waals surface area contributed by atoms with Gasteiger partial charge in [-0.25, -0.2) is 8.78 Å². The van der Waals surface area contributed by atoms with Crippen molar-refractivity contribution in [3.63, 3.8) is 0 Å². The summed E-state index contributed by atoms with van der Waals surface area (Å²) in [6.45, 7) is 0. The number of nitrogens with zero attached hydrogens (tertiary/aromatic N) is 2. The van der Waals surface area contributed by atoms with Crippen molar-refractivity contribution in [2.45, 2.75) is 25.1 Å². The highest BCUT2D eigenvalue weighted by atomic mass is 19.4. The van der Waals surface area contributed by atoms with E-state index in [1.807, 2.05) is 0 Å². The molecule has 0 unspecified atom stereocenters. The molecule has 258 valence electrons. The van der Waals surface area contributed by atoms with Gasteiger partial charge >= 0.3 is 25.1 Å². The van der Waals surface area contributed by atoms with Gasteiger partial charge in [0, 0.05) is 16.7 Å². The van der Waals surface area contributed by atoms with Gasteiger partial charge in [0.05, 0.1) is 11.1 Å². The zero-order valence-electron chi connectivity index (χ0n) is 23.8. The average molecular weight is 720 g/mol. The summed E-state index contributed by atoms with van der Waals surface area (Å²) in [5.74, 6) is -6.11. The minimum absolute atomic E-state index is 0.145. The van der Waals surface area contributed by atoms with Crippen molar-refractivity contribution in [2.24, 2.45) is 0 Å². The number of ether oxygens (including phenoxy) is 2. The first-order valence-electron chi connectivity index (χ1n) is 13.2. The fourth-order valence-electron chi connectivity index (χ4n) is 5.26. The molecule has 0 amide bonds. The van der Waals surface area contributed by atoms with Crippen LogP contribution in [0, 0.1) is 34.3 Å². The van der Waals surface area contributed by atoms with Crippen molar-refractivity contribution < 1.29 is 70.9 Å². The number of allylic oxidation sites excluding steroid dienone is 1. The van der Waals surface area contributed by atoms with Crippen LogP contribution in [0.2, 0.25) is 0 Å². The third-order valence-electron chi connectivity index (χ3n) is 7.16. The largest absolute Gasteiger partial charge is 0.573 e. The highest BCUT2D eigenvalue weighted by Gasteiger charge is 2.40. The van der Waals surface area contributed by atoms with E-state index in [0.717, 1.165) is 12.1 Å². The third kappa shape index (κ3) is 6.87. The summed E-state index contributed by atoms with van der Waals surface area (Å²) in [6, 6.07) is 7.53. The number of nitriles is 2. The van der Waals surface area contributed by atoms with Gasteiger partial charge in [-0.2, -0.15) is 36.9 Å². The number of hydrogen-bond donors (Lipinski definition) is 0. The fourth-order valence-corrected chi connectivity index (χ4v) is 5.26. The van der Waals surface area contributed by atoms with Crippen LogP contribution in [0.4, 0.5) is 61.5 Å². The summed E-state index contributed by atoms with van der Waals surface area (Å²) >= 11 is 0. The second-order valence-corrected chi connectivity index (χ2v) is 10.2. The first kappa shape index (κ1) is 35.5. The van der Waals surface area contributed by atoms with Crippen LogP contribution in [0.3, 0.4) is 0 Å². The van der Waals surface area contributed by atoms with Crippen LogP contribution < -0.4 is 9.47 Å². The second-order valence-electron chi connectivity index (χ2n) is 10.2. The zero-order chi connectivity index (χ0) is 37.1. The Morgan fingerprint density at radius 1 is 0.480 bits per heavy atom. The lowest BCUT2D eigenvalue weighted by molar-refractivity contribution is -0.275. The van der Waals surface area contributed by atoms with Gasteiger partial charge in [-0.05, 0) is 81.9 Å². The molecular formula is C32H10F14N2O2. The quantitative estimate of drug-likeness (QED) is 0.137. The Kier molecular flexibility index (Phi) is 8.51. The number of halogens is 14. The van der Waals surface area contributed by atoms with E-state index in [0.29, 0.717) is 24.3 Å². The lowest BCUT2D eigenvalue weighted by Gasteiger charge is -2.18. The molecule has 4 aromatic rings. The van der Waals surface area contributed by atoms with E-state index in [-0.39, 0.29) is 35.4 Å². The standard InChI is InChI=1S/C32H10F14N2O2/c33-24-3-1-13(5-22(24)29(35,36)37)16-7-18-19-8-17(14-2-4-25(34)23(6-14)30(38,39)40)27(50-32(44,45)46)10-21(19)28(15(11-47)12-48)20(18)9-26(16)49-31(41,42)43/h1-10H. The highest BCUT2D eigenvalue weighted by molar-refractivity contribution is 6.07. The Bertz CT molecular complexity index is 2010. The van der Waals surface area contributed by atoms with Crippen LogP contribution in [-0.4, -0.2) is 12.7 Å². The summed E-state index contributed by atoms with van der Waals surface area (Å²) in [6.07, 6.45) is -21.7. The molecule has 50 heavy (non-hydrogen) atoms. The predicted octanol–water partition coefficient (Wildman–Crippen LogP) is 11.0. The van der Waals surface area contributed by atoms with E-state index in [1.54, 1.807) is 0 Å². The molecule has 1 aliphatic carbocycles. The van der Waals surface area contributed by atoms with Crippen molar-refractivity contribution in [2.75, 3.05) is 0 Å². The number of rotatable bonds is 4. The summed E-state index contributed by atoms with van der Waals surface area (Å²) in [4.78, 5) is 0. The number of benzene rings is 4. The SMILES string of the molecule is N#CC(C#N)=C1c2cc(OC(F)(F)F)c(-c3ccc(F)c(C(F)(F)F)c3)cc2-c2cc(-c3ccc(F)c(C(F)(F)F)c3)c(OC(F)(F)F)cc21. The second kappa shape index (κ2) is 12.0. The van der Waals surface area contributed by atoms with E-state index in [4.69, 9.17) is 0 Å². The molecule has 0 bridgehead atoms. The van der Waals surface area contributed by atoms with Gasteiger partial charge < -0.3 is 9.47 Å². The number of hydrogen-bond acceptors (Lipinski definition) is 4. The van der Waals surface area contributed by atoms with Crippen LogP contribution in [0.5, 0.6) is 11.5 Å². The summed E-state index contributed by atoms with van der Waals surface area (Å²) in [5, 5.41) is 19.3. The average Bonchev–Trinajstić information content (AvgIpc) is 3.27. The molecule has 0 N–H and O–H groups in total. The molecule has 0 aromatic heterocycles. The molecule has 18 heteroatoms. The highest BCUT2D eigenvalue weighted by Crippen LogP contribution is 2.54. The van der Waals surface area contributed by atoms with E-state index in [2.05, 4.69) is 9.47 Å². The van der Waals surface area contributed by atoms with Crippen LogP contribution in [0.15, 0.2) is 66.2 Å². The van der Waals surface area contributed by atoms with Crippen LogP contribution in [0.25, 0.3) is 39.0 Å². The van der Waals surface area contributed by atoms with Gasteiger partial charge in [0.25, 0.3) is 0 Å². The van der Waals surface area contributed by atoms with Gasteiger partial charge in [0.1, 0.15) is 40.8 Å².